The molecule has 0 radical (unpaired) electrons. The number of hydrogen-bond donors (Lipinski definition) is 1. The van der Waals surface area contributed by atoms with Crippen molar-refractivity contribution < 1.29 is 0 Å². The molecule has 1 unspecified atom stereocenters. The first-order chi connectivity index (χ1) is 7.26. The minimum atomic E-state index is 0.244. The predicted octanol–water partition coefficient (Wildman–Crippen LogP) is 2.89. The monoisotopic (exact) mass is 226 g/mol. The molecule has 96 valence electrons. The van der Waals surface area contributed by atoms with Crippen molar-refractivity contribution >= 4 is 0 Å². The van der Waals surface area contributed by atoms with Crippen LogP contribution in [0.1, 0.15) is 53.4 Å². The first kappa shape index (κ1) is 14.0. The van der Waals surface area contributed by atoms with Gasteiger partial charge >= 0.3 is 0 Å². The largest absolute Gasteiger partial charge is 0.312 e. The summed E-state index contributed by atoms with van der Waals surface area (Å²) >= 11 is 0. The molecule has 0 bridgehead atoms. The summed E-state index contributed by atoms with van der Waals surface area (Å²) in [4.78, 5) is 2.30. The molecule has 1 rings (SSSR count). The van der Waals surface area contributed by atoms with Gasteiger partial charge in [-0.05, 0) is 46.2 Å². The Morgan fingerprint density at radius 2 is 1.88 bits per heavy atom. The van der Waals surface area contributed by atoms with Crippen molar-refractivity contribution in [2.24, 2.45) is 5.41 Å². The minimum absolute atomic E-state index is 0.244. The van der Waals surface area contributed by atoms with E-state index < -0.39 is 0 Å². The molecule has 0 aliphatic heterocycles. The van der Waals surface area contributed by atoms with Crippen molar-refractivity contribution in [2.75, 3.05) is 20.6 Å². The highest BCUT2D eigenvalue weighted by Gasteiger charge is 2.33. The molecule has 0 amide bonds. The Hall–Kier alpha value is -0.0800. The molecule has 0 aromatic rings. The Morgan fingerprint density at radius 1 is 1.25 bits per heavy atom. The third kappa shape index (κ3) is 3.46. The molecule has 2 heteroatoms. The van der Waals surface area contributed by atoms with Crippen molar-refractivity contribution in [1.29, 1.82) is 0 Å². The maximum Gasteiger partial charge on any atom is 0.0271 e. The van der Waals surface area contributed by atoms with E-state index in [9.17, 15) is 0 Å². The lowest BCUT2D eigenvalue weighted by atomic mass is 9.73. The van der Waals surface area contributed by atoms with E-state index in [4.69, 9.17) is 0 Å². The van der Waals surface area contributed by atoms with Crippen LogP contribution in [0.2, 0.25) is 0 Å². The van der Waals surface area contributed by atoms with Crippen LogP contribution in [-0.4, -0.2) is 37.1 Å². The zero-order chi connectivity index (χ0) is 12.4. The summed E-state index contributed by atoms with van der Waals surface area (Å²) < 4.78 is 0. The molecular formula is C14H30N2. The minimum Gasteiger partial charge on any atom is -0.312 e. The number of hydrogen-bond acceptors (Lipinski definition) is 2. The fourth-order valence-electron chi connectivity index (χ4n) is 2.40. The van der Waals surface area contributed by atoms with Crippen molar-refractivity contribution in [1.82, 2.24) is 10.2 Å². The highest BCUT2D eigenvalue weighted by molar-refractivity contribution is 4.90. The van der Waals surface area contributed by atoms with Gasteiger partial charge in [-0.2, -0.15) is 0 Å². The summed E-state index contributed by atoms with van der Waals surface area (Å²) in [5.74, 6) is 0. The highest BCUT2D eigenvalue weighted by Crippen LogP contribution is 2.35. The molecular weight excluding hydrogens is 196 g/mol. The van der Waals surface area contributed by atoms with E-state index >= 15 is 0 Å². The normalized spacial score (nSPS) is 26.1. The van der Waals surface area contributed by atoms with Crippen molar-refractivity contribution in [3.05, 3.63) is 0 Å². The first-order valence-corrected chi connectivity index (χ1v) is 6.66. The van der Waals surface area contributed by atoms with Crippen LogP contribution in [0.4, 0.5) is 0 Å². The topological polar surface area (TPSA) is 15.3 Å². The lowest BCUT2D eigenvalue weighted by Crippen LogP contribution is -2.53. The van der Waals surface area contributed by atoms with Gasteiger partial charge in [0, 0.05) is 18.1 Å². The first-order valence-electron chi connectivity index (χ1n) is 6.66. The van der Waals surface area contributed by atoms with E-state index in [0.29, 0.717) is 11.5 Å². The van der Waals surface area contributed by atoms with Gasteiger partial charge in [0.2, 0.25) is 0 Å². The maximum atomic E-state index is 3.79. The van der Waals surface area contributed by atoms with Gasteiger partial charge < -0.3 is 10.2 Å². The molecule has 16 heavy (non-hydrogen) atoms. The second-order valence-electron chi connectivity index (χ2n) is 6.87. The smallest absolute Gasteiger partial charge is 0.0271 e. The summed E-state index contributed by atoms with van der Waals surface area (Å²) in [6, 6.07) is 0.695. The number of nitrogens with zero attached hydrogens (tertiary/aromatic N) is 1. The van der Waals surface area contributed by atoms with E-state index in [1.54, 1.807) is 0 Å². The quantitative estimate of drug-likeness (QED) is 0.793. The Morgan fingerprint density at radius 3 is 2.38 bits per heavy atom. The van der Waals surface area contributed by atoms with Gasteiger partial charge in [0.05, 0.1) is 0 Å². The van der Waals surface area contributed by atoms with Gasteiger partial charge in [0.15, 0.2) is 0 Å². The third-order valence-electron chi connectivity index (χ3n) is 4.50. The Labute approximate surface area is 102 Å². The maximum absolute atomic E-state index is 3.79. The van der Waals surface area contributed by atoms with Crippen molar-refractivity contribution in [3.8, 4) is 0 Å². The van der Waals surface area contributed by atoms with Crippen LogP contribution in [-0.2, 0) is 0 Å². The van der Waals surface area contributed by atoms with Gasteiger partial charge in [0.1, 0.15) is 0 Å². The average molecular weight is 226 g/mol. The molecule has 2 nitrogen and oxygen atoms in total. The third-order valence-corrected chi connectivity index (χ3v) is 4.50. The summed E-state index contributed by atoms with van der Waals surface area (Å²) in [7, 11) is 4.32. The summed E-state index contributed by atoms with van der Waals surface area (Å²) in [5, 5.41) is 3.79. The van der Waals surface area contributed by atoms with Crippen molar-refractivity contribution in [3.63, 3.8) is 0 Å². The standard InChI is InChI=1S/C14H30N2/c1-13(2)10-8-7-9-12(13)15-11-14(3,4)16(5)6/h12,15H,7-11H2,1-6H3. The zero-order valence-electron chi connectivity index (χ0n) is 12.1. The Balaban J connectivity index is 2.48. The molecule has 0 heterocycles. The number of rotatable bonds is 4. The second kappa shape index (κ2) is 5.05. The molecule has 0 aromatic carbocycles. The van der Waals surface area contributed by atoms with E-state index in [1.165, 1.54) is 25.7 Å². The Kier molecular flexibility index (Phi) is 4.42. The summed E-state index contributed by atoms with van der Waals surface area (Å²) in [6.45, 7) is 10.5. The van der Waals surface area contributed by atoms with Gasteiger partial charge in [-0.1, -0.05) is 26.7 Å². The zero-order valence-corrected chi connectivity index (χ0v) is 12.1. The average Bonchev–Trinajstić information content (AvgIpc) is 2.15. The van der Waals surface area contributed by atoms with Gasteiger partial charge in [-0.25, -0.2) is 0 Å². The molecule has 0 aromatic heterocycles. The SMILES string of the molecule is CN(C)C(C)(C)CNC1CCCCC1(C)C. The van der Waals surface area contributed by atoms with Crippen LogP contribution in [0.15, 0.2) is 0 Å². The van der Waals surface area contributed by atoms with E-state index in [0.717, 1.165) is 6.54 Å². The van der Waals surface area contributed by atoms with Gasteiger partial charge in [0.25, 0.3) is 0 Å². The predicted molar refractivity (Wildman–Crippen MR) is 71.8 cm³/mol. The van der Waals surface area contributed by atoms with Crippen LogP contribution in [0.25, 0.3) is 0 Å². The van der Waals surface area contributed by atoms with Gasteiger partial charge in [-0.15, -0.1) is 0 Å². The number of nitrogens with one attached hydrogen (secondary N) is 1. The van der Waals surface area contributed by atoms with E-state index in [2.05, 4.69) is 52.0 Å². The molecule has 1 fully saturated rings. The molecule has 1 aliphatic carbocycles. The highest BCUT2D eigenvalue weighted by atomic mass is 15.2. The molecule has 1 atom stereocenters. The fraction of sp³-hybridized carbons (Fsp3) is 1.00. The van der Waals surface area contributed by atoms with Crippen LogP contribution in [0.5, 0.6) is 0 Å². The summed E-state index contributed by atoms with van der Waals surface area (Å²) in [6.07, 6.45) is 5.51. The van der Waals surface area contributed by atoms with Gasteiger partial charge in [-0.3, -0.25) is 0 Å². The lowest BCUT2D eigenvalue weighted by molar-refractivity contribution is 0.131. The second-order valence-corrected chi connectivity index (χ2v) is 6.87. The molecule has 0 saturated heterocycles. The molecule has 1 N–H and O–H groups in total. The van der Waals surface area contributed by atoms with Crippen molar-refractivity contribution in [2.45, 2.75) is 65.0 Å². The van der Waals surface area contributed by atoms with E-state index in [1.807, 2.05) is 0 Å². The summed E-state index contributed by atoms with van der Waals surface area (Å²) in [5.41, 5.74) is 0.716. The van der Waals surface area contributed by atoms with Crippen LogP contribution >= 0.6 is 0 Å². The van der Waals surface area contributed by atoms with Crippen LogP contribution in [0, 0.1) is 5.41 Å². The number of likely N-dealkylation sites (N-methyl/N-ethyl adjacent to an activating group) is 1. The van der Waals surface area contributed by atoms with Crippen LogP contribution < -0.4 is 5.32 Å². The molecule has 0 spiro atoms. The van der Waals surface area contributed by atoms with E-state index in [-0.39, 0.29) is 5.54 Å². The fourth-order valence-corrected chi connectivity index (χ4v) is 2.40. The lowest BCUT2D eigenvalue weighted by Gasteiger charge is -2.42. The Bertz CT molecular complexity index is 219. The molecule has 1 aliphatic rings. The van der Waals surface area contributed by atoms with Crippen LogP contribution in [0.3, 0.4) is 0 Å². The molecule has 1 saturated carbocycles.